The Balaban J connectivity index is 2.17. The predicted molar refractivity (Wildman–Crippen MR) is 56.1 cm³/mol. The van der Waals surface area contributed by atoms with Crippen molar-refractivity contribution < 1.29 is 9.84 Å². The first-order valence-corrected chi connectivity index (χ1v) is 5.02. The number of halogens is 1. The Hall–Kier alpha value is -0.910. The van der Waals surface area contributed by atoms with Crippen LogP contribution in [0.3, 0.4) is 0 Å². The average Bonchev–Trinajstić information content (AvgIpc) is 2.60. The lowest BCUT2D eigenvalue weighted by atomic mass is 10.3. The van der Waals surface area contributed by atoms with Crippen molar-refractivity contribution in [2.75, 3.05) is 25.1 Å². The van der Waals surface area contributed by atoms with Gasteiger partial charge < -0.3 is 14.7 Å². The van der Waals surface area contributed by atoms with Crippen LogP contribution in [0.4, 0.5) is 5.82 Å². The Kier molecular flexibility index (Phi) is 3.04. The molecular formula is C9H12ClN3O2. The molecule has 0 saturated carbocycles. The fraction of sp³-hybridized carbons (Fsp3) is 0.556. The van der Waals surface area contributed by atoms with Crippen LogP contribution in [0.15, 0.2) is 12.4 Å². The minimum absolute atomic E-state index is 0.192. The van der Waals surface area contributed by atoms with E-state index in [-0.39, 0.29) is 6.10 Å². The molecule has 5 nitrogen and oxygen atoms in total. The van der Waals surface area contributed by atoms with E-state index in [9.17, 15) is 5.11 Å². The molecule has 82 valence electrons. The molecule has 0 spiro atoms. The molecule has 6 heteroatoms. The number of nitrogens with zero attached hydrogens (tertiary/aromatic N) is 3. The number of aromatic nitrogens is 2. The van der Waals surface area contributed by atoms with E-state index in [1.54, 1.807) is 13.3 Å². The molecule has 0 radical (unpaired) electrons. The third kappa shape index (κ3) is 2.04. The van der Waals surface area contributed by atoms with Gasteiger partial charge in [-0.1, -0.05) is 11.6 Å². The molecule has 2 rings (SSSR count). The minimum atomic E-state index is -0.506. The quantitative estimate of drug-likeness (QED) is 0.792. The lowest BCUT2D eigenvalue weighted by Crippen LogP contribution is -2.25. The molecule has 2 unspecified atom stereocenters. The van der Waals surface area contributed by atoms with Gasteiger partial charge in [0, 0.05) is 32.6 Å². The highest BCUT2D eigenvalue weighted by molar-refractivity contribution is 6.31. The van der Waals surface area contributed by atoms with Gasteiger partial charge >= 0.3 is 0 Å². The molecule has 1 aromatic heterocycles. The highest BCUT2D eigenvalue weighted by Crippen LogP contribution is 2.24. The summed E-state index contributed by atoms with van der Waals surface area (Å²) in [5.41, 5.74) is 0. The number of anilines is 1. The van der Waals surface area contributed by atoms with Crippen molar-refractivity contribution >= 4 is 17.4 Å². The Morgan fingerprint density at radius 1 is 1.47 bits per heavy atom. The largest absolute Gasteiger partial charge is 0.388 e. The highest BCUT2D eigenvalue weighted by atomic mass is 35.5. The third-order valence-corrected chi connectivity index (χ3v) is 2.74. The van der Waals surface area contributed by atoms with Crippen molar-refractivity contribution in [3.63, 3.8) is 0 Å². The summed E-state index contributed by atoms with van der Waals surface area (Å²) in [7, 11) is 1.58. The second-order valence-corrected chi connectivity index (χ2v) is 3.78. The van der Waals surface area contributed by atoms with Crippen molar-refractivity contribution in [2.45, 2.75) is 12.2 Å². The zero-order valence-corrected chi connectivity index (χ0v) is 9.05. The van der Waals surface area contributed by atoms with Crippen LogP contribution in [0, 0.1) is 0 Å². The topological polar surface area (TPSA) is 58.5 Å². The predicted octanol–water partition coefficient (Wildman–Crippen LogP) is 0.326. The van der Waals surface area contributed by atoms with Gasteiger partial charge in [-0.3, -0.25) is 0 Å². The molecule has 0 amide bonds. The van der Waals surface area contributed by atoms with Crippen LogP contribution in [0.1, 0.15) is 0 Å². The molecule has 2 atom stereocenters. The number of rotatable bonds is 2. The van der Waals surface area contributed by atoms with Crippen molar-refractivity contribution in [1.29, 1.82) is 0 Å². The zero-order chi connectivity index (χ0) is 10.8. The van der Waals surface area contributed by atoms with E-state index in [0.717, 1.165) is 0 Å². The Morgan fingerprint density at radius 2 is 2.20 bits per heavy atom. The van der Waals surface area contributed by atoms with E-state index in [2.05, 4.69) is 9.97 Å². The van der Waals surface area contributed by atoms with Gasteiger partial charge in [-0.15, -0.1) is 0 Å². The van der Waals surface area contributed by atoms with E-state index in [1.807, 2.05) is 4.90 Å². The summed E-state index contributed by atoms with van der Waals surface area (Å²) in [4.78, 5) is 9.94. The number of ether oxygens (including phenoxy) is 1. The molecule has 1 aliphatic heterocycles. The number of hydrogen-bond acceptors (Lipinski definition) is 5. The first-order valence-electron chi connectivity index (χ1n) is 4.64. The van der Waals surface area contributed by atoms with Gasteiger partial charge in [-0.2, -0.15) is 0 Å². The second kappa shape index (κ2) is 4.30. The van der Waals surface area contributed by atoms with Crippen LogP contribution in [-0.4, -0.2) is 47.5 Å². The molecular weight excluding hydrogens is 218 g/mol. The summed E-state index contributed by atoms with van der Waals surface area (Å²) < 4.78 is 5.13. The molecule has 1 aliphatic rings. The van der Waals surface area contributed by atoms with Gasteiger partial charge in [0.15, 0.2) is 11.0 Å². The minimum Gasteiger partial charge on any atom is -0.388 e. The van der Waals surface area contributed by atoms with E-state index in [4.69, 9.17) is 16.3 Å². The van der Waals surface area contributed by atoms with E-state index in [1.165, 1.54) is 6.20 Å². The van der Waals surface area contributed by atoms with Crippen molar-refractivity contribution in [2.24, 2.45) is 0 Å². The van der Waals surface area contributed by atoms with Crippen molar-refractivity contribution in [3.05, 3.63) is 17.5 Å². The average molecular weight is 230 g/mol. The lowest BCUT2D eigenvalue weighted by Gasteiger charge is -2.16. The lowest BCUT2D eigenvalue weighted by molar-refractivity contribution is 0.0217. The normalized spacial score (nSPS) is 25.9. The van der Waals surface area contributed by atoms with E-state index < -0.39 is 6.10 Å². The smallest absolute Gasteiger partial charge is 0.171 e. The van der Waals surface area contributed by atoms with E-state index in [0.29, 0.717) is 24.1 Å². The molecule has 0 aliphatic carbocycles. The second-order valence-electron chi connectivity index (χ2n) is 3.42. The Bertz CT molecular complexity index is 350. The maximum absolute atomic E-state index is 9.65. The summed E-state index contributed by atoms with van der Waals surface area (Å²) in [6.07, 6.45) is 2.41. The molecule has 1 aromatic rings. The molecule has 1 saturated heterocycles. The van der Waals surface area contributed by atoms with Gasteiger partial charge in [0.05, 0.1) is 6.10 Å². The summed E-state index contributed by atoms with van der Waals surface area (Å²) in [5.74, 6) is 0.595. The third-order valence-electron chi connectivity index (χ3n) is 2.48. The maximum atomic E-state index is 9.65. The number of methoxy groups -OCH3 is 1. The molecule has 0 aromatic carbocycles. The SMILES string of the molecule is COC1CN(c2nccnc2Cl)CC1O. The Morgan fingerprint density at radius 3 is 2.80 bits per heavy atom. The number of β-amino-alcohol motifs (C(OH)–C–C–N with tert-alkyl or cyclic N) is 1. The number of aliphatic hydroxyl groups excluding tert-OH is 1. The molecule has 1 fully saturated rings. The highest BCUT2D eigenvalue weighted by Gasteiger charge is 2.32. The van der Waals surface area contributed by atoms with Gasteiger partial charge in [-0.25, -0.2) is 9.97 Å². The van der Waals surface area contributed by atoms with Crippen LogP contribution in [0.2, 0.25) is 5.15 Å². The first kappa shape index (κ1) is 10.6. The maximum Gasteiger partial charge on any atom is 0.171 e. The van der Waals surface area contributed by atoms with Crippen LogP contribution in [-0.2, 0) is 4.74 Å². The molecule has 2 heterocycles. The fourth-order valence-electron chi connectivity index (χ4n) is 1.69. The van der Waals surface area contributed by atoms with Crippen LogP contribution in [0.25, 0.3) is 0 Å². The van der Waals surface area contributed by atoms with Crippen LogP contribution < -0.4 is 4.90 Å². The monoisotopic (exact) mass is 229 g/mol. The summed E-state index contributed by atoms with van der Waals surface area (Å²) in [6.45, 7) is 1.05. The van der Waals surface area contributed by atoms with Gasteiger partial charge in [-0.05, 0) is 0 Å². The molecule has 1 N–H and O–H groups in total. The van der Waals surface area contributed by atoms with Crippen molar-refractivity contribution in [3.8, 4) is 0 Å². The van der Waals surface area contributed by atoms with Gasteiger partial charge in [0.2, 0.25) is 0 Å². The molecule has 0 bridgehead atoms. The summed E-state index contributed by atoms with van der Waals surface area (Å²) in [5, 5.41) is 10.0. The summed E-state index contributed by atoms with van der Waals surface area (Å²) in [6, 6.07) is 0. The fourth-order valence-corrected chi connectivity index (χ4v) is 1.91. The first-order chi connectivity index (χ1) is 7.22. The number of aliphatic hydroxyl groups is 1. The van der Waals surface area contributed by atoms with Crippen LogP contribution >= 0.6 is 11.6 Å². The van der Waals surface area contributed by atoms with Gasteiger partial charge in [0.1, 0.15) is 6.10 Å². The van der Waals surface area contributed by atoms with Crippen LogP contribution in [0.5, 0.6) is 0 Å². The standard InChI is InChI=1S/C9H12ClN3O2/c1-15-7-5-13(4-6(7)14)9-8(10)11-2-3-12-9/h2-3,6-7,14H,4-5H2,1H3. The molecule has 15 heavy (non-hydrogen) atoms. The van der Waals surface area contributed by atoms with Crippen molar-refractivity contribution in [1.82, 2.24) is 9.97 Å². The summed E-state index contributed by atoms with van der Waals surface area (Å²) >= 11 is 5.91. The zero-order valence-electron chi connectivity index (χ0n) is 8.30. The van der Waals surface area contributed by atoms with E-state index >= 15 is 0 Å². The van der Waals surface area contributed by atoms with Gasteiger partial charge in [0.25, 0.3) is 0 Å². The Labute approximate surface area is 92.7 Å². The number of hydrogen-bond donors (Lipinski definition) is 1.